The molecule has 1 fully saturated rings. The van der Waals surface area contributed by atoms with Gasteiger partial charge < -0.3 is 9.47 Å². The first-order valence-electron chi connectivity index (χ1n) is 11.2. The number of hydrogen-bond donors (Lipinski definition) is 1. The fourth-order valence-corrected chi connectivity index (χ4v) is 4.37. The van der Waals surface area contributed by atoms with Crippen molar-refractivity contribution in [1.29, 1.82) is 0 Å². The van der Waals surface area contributed by atoms with E-state index in [9.17, 15) is 28.9 Å². The number of barbiturate groups is 1. The number of nitro groups is 1. The Morgan fingerprint density at radius 3 is 2.37 bits per heavy atom. The van der Waals surface area contributed by atoms with Crippen LogP contribution in [-0.2, 0) is 16.2 Å². The van der Waals surface area contributed by atoms with E-state index in [0.717, 1.165) is 22.6 Å². The van der Waals surface area contributed by atoms with E-state index in [1.165, 1.54) is 30.3 Å². The Labute approximate surface area is 229 Å². The van der Waals surface area contributed by atoms with Gasteiger partial charge in [0, 0.05) is 12.1 Å². The highest BCUT2D eigenvalue weighted by molar-refractivity contribution is 14.1. The van der Waals surface area contributed by atoms with E-state index < -0.39 is 22.8 Å². The predicted octanol–water partition coefficient (Wildman–Crippen LogP) is 4.98. The second-order valence-electron chi connectivity index (χ2n) is 7.91. The molecule has 12 heteroatoms. The lowest BCUT2D eigenvalue weighted by atomic mass is 10.1. The minimum absolute atomic E-state index is 0.0608. The summed E-state index contributed by atoms with van der Waals surface area (Å²) in [6.07, 6.45) is 1.32. The van der Waals surface area contributed by atoms with Gasteiger partial charge in [-0.2, -0.15) is 0 Å². The largest absolute Gasteiger partial charge is 0.490 e. The van der Waals surface area contributed by atoms with Gasteiger partial charge in [0.2, 0.25) is 0 Å². The Morgan fingerprint density at radius 1 is 1.05 bits per heavy atom. The molecule has 3 aromatic rings. The van der Waals surface area contributed by atoms with Crippen LogP contribution in [0.15, 0.2) is 66.2 Å². The number of hydrogen-bond acceptors (Lipinski definition) is 7. The van der Waals surface area contributed by atoms with Crippen LogP contribution < -0.4 is 19.7 Å². The lowest BCUT2D eigenvalue weighted by Crippen LogP contribution is -2.54. The Morgan fingerprint density at radius 2 is 1.74 bits per heavy atom. The summed E-state index contributed by atoms with van der Waals surface area (Å²) in [6, 6.07) is 12.9. The van der Waals surface area contributed by atoms with E-state index in [-0.39, 0.29) is 29.4 Å². The van der Waals surface area contributed by atoms with E-state index >= 15 is 0 Å². The molecule has 1 aliphatic rings. The summed E-state index contributed by atoms with van der Waals surface area (Å²) in [5, 5.41) is 13.0. The van der Waals surface area contributed by atoms with Crippen LogP contribution >= 0.6 is 22.6 Å². The molecule has 1 aliphatic heterocycles. The van der Waals surface area contributed by atoms with Crippen LogP contribution in [0.5, 0.6) is 11.5 Å². The number of urea groups is 1. The van der Waals surface area contributed by atoms with Crippen molar-refractivity contribution >= 4 is 57.9 Å². The highest BCUT2D eigenvalue weighted by Gasteiger charge is 2.37. The van der Waals surface area contributed by atoms with Gasteiger partial charge in [-0.05, 0) is 83.1 Å². The van der Waals surface area contributed by atoms with E-state index in [1.54, 1.807) is 31.2 Å². The molecule has 194 valence electrons. The minimum atomic E-state index is -0.972. The van der Waals surface area contributed by atoms with Gasteiger partial charge in [0.1, 0.15) is 18.0 Å². The van der Waals surface area contributed by atoms with Crippen LogP contribution in [0.1, 0.15) is 18.1 Å². The van der Waals surface area contributed by atoms with Crippen molar-refractivity contribution in [2.75, 3.05) is 11.5 Å². The van der Waals surface area contributed by atoms with Gasteiger partial charge in [-0.3, -0.25) is 25.0 Å². The number of nitrogens with zero attached hydrogens (tertiary/aromatic N) is 2. The highest BCUT2D eigenvalue weighted by Crippen LogP contribution is 2.36. The van der Waals surface area contributed by atoms with Crippen LogP contribution in [0, 0.1) is 19.5 Å². The number of benzene rings is 3. The molecule has 0 aromatic heterocycles. The minimum Gasteiger partial charge on any atom is -0.490 e. The predicted molar refractivity (Wildman–Crippen MR) is 143 cm³/mol. The number of nitro benzene ring substituents is 1. The van der Waals surface area contributed by atoms with E-state index in [1.807, 2.05) is 22.6 Å². The molecule has 0 atom stereocenters. The van der Waals surface area contributed by atoms with Crippen molar-refractivity contribution in [3.8, 4) is 11.5 Å². The average Bonchev–Trinajstić information content (AvgIpc) is 2.87. The van der Waals surface area contributed by atoms with Crippen LogP contribution in [0.2, 0.25) is 0 Å². The number of amides is 4. The SMILES string of the molecule is CCOc1cc(/C=C2\C(=O)NC(=O)N(c3ccc([N+](=O)[O-])cc3)C2=O)cc(I)c1OCc1ccc(F)cc1. The average molecular weight is 631 g/mol. The highest BCUT2D eigenvalue weighted by atomic mass is 127. The van der Waals surface area contributed by atoms with E-state index in [4.69, 9.17) is 9.47 Å². The molecule has 4 rings (SSSR count). The Hall–Kier alpha value is -4.33. The second kappa shape index (κ2) is 11.4. The van der Waals surface area contributed by atoms with Crippen LogP contribution in [0.25, 0.3) is 6.08 Å². The normalized spacial score (nSPS) is 14.4. The monoisotopic (exact) mass is 631 g/mol. The molecule has 0 radical (unpaired) electrons. The molecule has 0 saturated carbocycles. The van der Waals surface area contributed by atoms with Gasteiger partial charge in [-0.1, -0.05) is 12.1 Å². The number of imide groups is 2. The maximum absolute atomic E-state index is 13.2. The Bertz CT molecular complexity index is 1460. The number of carbonyl (C=O) groups excluding carboxylic acids is 3. The number of ether oxygens (including phenoxy) is 2. The summed E-state index contributed by atoms with van der Waals surface area (Å²) in [7, 11) is 0. The molecule has 1 heterocycles. The summed E-state index contributed by atoms with van der Waals surface area (Å²) in [6.45, 7) is 2.25. The number of rotatable bonds is 8. The van der Waals surface area contributed by atoms with Crippen molar-refractivity contribution in [2.24, 2.45) is 0 Å². The number of non-ortho nitro benzene ring substituents is 1. The molecule has 4 amide bonds. The van der Waals surface area contributed by atoms with Crippen molar-refractivity contribution < 1.29 is 33.2 Å². The first kappa shape index (κ1) is 26.7. The topological polar surface area (TPSA) is 128 Å². The lowest BCUT2D eigenvalue weighted by Gasteiger charge is -2.26. The standard InChI is InChI=1S/C26H19FIN3O7/c1-2-37-22-13-16(12-21(28)23(22)38-14-15-3-5-17(27)6-4-15)11-20-24(32)29-26(34)30(25(20)33)18-7-9-19(10-8-18)31(35)36/h3-13H,2,14H2,1H3,(H,29,32,34)/b20-11+. The zero-order chi connectivity index (χ0) is 27.4. The molecule has 0 aliphatic carbocycles. The molecule has 1 N–H and O–H groups in total. The van der Waals surface area contributed by atoms with Gasteiger partial charge in [0.25, 0.3) is 17.5 Å². The van der Waals surface area contributed by atoms with Crippen molar-refractivity contribution in [1.82, 2.24) is 5.32 Å². The van der Waals surface area contributed by atoms with E-state index in [2.05, 4.69) is 5.32 Å². The third-order valence-corrected chi connectivity index (χ3v) is 6.16. The molecule has 0 bridgehead atoms. The van der Waals surface area contributed by atoms with E-state index in [0.29, 0.717) is 27.2 Å². The fraction of sp³-hybridized carbons (Fsp3) is 0.115. The number of halogens is 2. The number of carbonyl (C=O) groups is 3. The van der Waals surface area contributed by atoms with Crippen LogP contribution in [0.4, 0.5) is 20.6 Å². The van der Waals surface area contributed by atoms with Gasteiger partial charge >= 0.3 is 6.03 Å². The van der Waals surface area contributed by atoms with Gasteiger partial charge in [0.15, 0.2) is 11.5 Å². The van der Waals surface area contributed by atoms with Gasteiger partial charge in [-0.25, -0.2) is 14.1 Å². The maximum atomic E-state index is 13.2. The fourth-order valence-electron chi connectivity index (χ4n) is 3.59. The molecule has 10 nitrogen and oxygen atoms in total. The maximum Gasteiger partial charge on any atom is 0.335 e. The Balaban J connectivity index is 1.64. The summed E-state index contributed by atoms with van der Waals surface area (Å²) in [5.74, 6) is -1.34. The lowest BCUT2D eigenvalue weighted by molar-refractivity contribution is -0.384. The summed E-state index contributed by atoms with van der Waals surface area (Å²) in [5.41, 5.74) is 0.705. The van der Waals surface area contributed by atoms with Gasteiger partial charge in [0.05, 0.1) is 20.8 Å². The third-order valence-electron chi connectivity index (χ3n) is 5.36. The van der Waals surface area contributed by atoms with Crippen molar-refractivity contribution in [2.45, 2.75) is 13.5 Å². The zero-order valence-corrected chi connectivity index (χ0v) is 21.9. The first-order chi connectivity index (χ1) is 18.2. The number of nitrogens with one attached hydrogen (secondary N) is 1. The first-order valence-corrected chi connectivity index (χ1v) is 12.2. The van der Waals surface area contributed by atoms with Crippen molar-refractivity contribution in [3.63, 3.8) is 0 Å². The van der Waals surface area contributed by atoms with Crippen molar-refractivity contribution in [3.05, 3.63) is 96.9 Å². The summed E-state index contributed by atoms with van der Waals surface area (Å²) < 4.78 is 25.5. The molecule has 38 heavy (non-hydrogen) atoms. The van der Waals surface area contributed by atoms with Crippen LogP contribution in [0.3, 0.4) is 0 Å². The molecule has 0 unspecified atom stereocenters. The quantitative estimate of drug-likeness (QED) is 0.122. The Kier molecular flexibility index (Phi) is 8.00. The third kappa shape index (κ3) is 5.80. The molecular weight excluding hydrogens is 612 g/mol. The van der Waals surface area contributed by atoms with Crippen LogP contribution in [-0.4, -0.2) is 29.4 Å². The molecule has 3 aromatic carbocycles. The zero-order valence-electron chi connectivity index (χ0n) is 19.8. The molecule has 1 saturated heterocycles. The smallest absolute Gasteiger partial charge is 0.335 e. The molecular formula is C26H19FIN3O7. The number of anilines is 1. The molecule has 0 spiro atoms. The second-order valence-corrected chi connectivity index (χ2v) is 9.07. The van der Waals surface area contributed by atoms with Gasteiger partial charge in [-0.15, -0.1) is 0 Å². The summed E-state index contributed by atoms with van der Waals surface area (Å²) >= 11 is 2.03. The summed E-state index contributed by atoms with van der Waals surface area (Å²) in [4.78, 5) is 49.2.